The molecule has 1 fully saturated rings. The van der Waals surface area contributed by atoms with Crippen LogP contribution < -0.4 is 9.08 Å². The molecule has 1 heterocycles. The highest BCUT2D eigenvalue weighted by Crippen LogP contribution is 2.27. The number of halogens is 1. The van der Waals surface area contributed by atoms with Gasteiger partial charge in [-0.15, -0.1) is 0 Å². The van der Waals surface area contributed by atoms with Gasteiger partial charge in [-0.2, -0.15) is 0 Å². The summed E-state index contributed by atoms with van der Waals surface area (Å²) >= 11 is 1.20. The quantitative estimate of drug-likeness (QED) is 0.804. The second-order valence-corrected chi connectivity index (χ2v) is 5.77. The van der Waals surface area contributed by atoms with E-state index in [0.29, 0.717) is 12.3 Å². The SMILES string of the molecule is CN1CCN(c2ccc(SOc3ccc(F)cc3)cc2)C1=O. The fourth-order valence-corrected chi connectivity index (χ4v) is 2.71. The lowest BCUT2D eigenvalue weighted by Gasteiger charge is -2.16. The first-order valence-electron chi connectivity index (χ1n) is 6.86. The van der Waals surface area contributed by atoms with Crippen LogP contribution in [0.5, 0.6) is 5.75 Å². The third-order valence-electron chi connectivity index (χ3n) is 3.41. The molecule has 2 aromatic rings. The molecular weight excluding hydrogens is 303 g/mol. The second kappa shape index (κ2) is 6.27. The minimum atomic E-state index is -0.290. The maximum atomic E-state index is 12.8. The summed E-state index contributed by atoms with van der Waals surface area (Å²) < 4.78 is 18.3. The van der Waals surface area contributed by atoms with Gasteiger partial charge in [-0.25, -0.2) is 9.18 Å². The number of amides is 2. The van der Waals surface area contributed by atoms with E-state index in [0.717, 1.165) is 17.1 Å². The van der Waals surface area contributed by atoms with Gasteiger partial charge in [0.2, 0.25) is 0 Å². The molecule has 114 valence electrons. The van der Waals surface area contributed by atoms with Gasteiger partial charge in [-0.3, -0.25) is 4.90 Å². The Hall–Kier alpha value is -2.21. The normalized spacial score (nSPS) is 14.5. The molecule has 22 heavy (non-hydrogen) atoms. The Labute approximate surface area is 132 Å². The van der Waals surface area contributed by atoms with Gasteiger partial charge in [-0.05, 0) is 48.5 Å². The van der Waals surface area contributed by atoms with Crippen molar-refractivity contribution in [1.82, 2.24) is 4.90 Å². The number of anilines is 1. The van der Waals surface area contributed by atoms with Gasteiger partial charge >= 0.3 is 6.03 Å². The summed E-state index contributed by atoms with van der Waals surface area (Å²) in [6, 6.07) is 13.5. The maximum absolute atomic E-state index is 12.8. The van der Waals surface area contributed by atoms with Gasteiger partial charge < -0.3 is 9.08 Å². The van der Waals surface area contributed by atoms with Gasteiger partial charge in [0.25, 0.3) is 0 Å². The van der Waals surface area contributed by atoms with Crippen LogP contribution in [-0.4, -0.2) is 31.1 Å². The Balaban J connectivity index is 1.62. The minimum Gasteiger partial charge on any atom is -0.421 e. The highest BCUT2D eigenvalue weighted by molar-refractivity contribution is 7.95. The molecule has 0 spiro atoms. The lowest BCUT2D eigenvalue weighted by atomic mass is 10.3. The molecule has 0 aliphatic carbocycles. The van der Waals surface area contributed by atoms with Crippen molar-refractivity contribution >= 4 is 23.8 Å². The molecule has 0 atom stereocenters. The van der Waals surface area contributed by atoms with Crippen LogP contribution in [0.4, 0.5) is 14.9 Å². The number of benzene rings is 2. The fourth-order valence-electron chi connectivity index (χ4n) is 2.15. The molecule has 0 unspecified atom stereocenters. The van der Waals surface area contributed by atoms with E-state index in [1.165, 1.54) is 24.2 Å². The lowest BCUT2D eigenvalue weighted by molar-refractivity contribution is 0.229. The van der Waals surface area contributed by atoms with Crippen LogP contribution in [0.25, 0.3) is 0 Å². The zero-order valence-electron chi connectivity index (χ0n) is 12.0. The Morgan fingerprint density at radius 3 is 2.32 bits per heavy atom. The molecule has 1 saturated heterocycles. The van der Waals surface area contributed by atoms with Crippen molar-refractivity contribution in [2.45, 2.75) is 4.90 Å². The molecule has 1 aliphatic heterocycles. The van der Waals surface area contributed by atoms with E-state index < -0.39 is 0 Å². The van der Waals surface area contributed by atoms with Crippen LogP contribution in [-0.2, 0) is 0 Å². The topological polar surface area (TPSA) is 32.8 Å². The summed E-state index contributed by atoms with van der Waals surface area (Å²) in [5.41, 5.74) is 0.875. The van der Waals surface area contributed by atoms with E-state index in [9.17, 15) is 9.18 Å². The van der Waals surface area contributed by atoms with Crippen molar-refractivity contribution in [2.24, 2.45) is 0 Å². The molecule has 2 amide bonds. The number of nitrogens with zero attached hydrogens (tertiary/aromatic N) is 2. The molecule has 3 rings (SSSR count). The van der Waals surface area contributed by atoms with Gasteiger partial charge in [0.1, 0.15) is 11.6 Å². The van der Waals surface area contributed by atoms with E-state index in [-0.39, 0.29) is 11.8 Å². The smallest absolute Gasteiger partial charge is 0.324 e. The molecule has 0 N–H and O–H groups in total. The first kappa shape index (κ1) is 14.7. The molecule has 6 heteroatoms. The highest BCUT2D eigenvalue weighted by Gasteiger charge is 2.26. The second-order valence-electron chi connectivity index (χ2n) is 4.97. The van der Waals surface area contributed by atoms with E-state index in [1.54, 1.807) is 29.0 Å². The van der Waals surface area contributed by atoms with Crippen LogP contribution in [0.15, 0.2) is 53.4 Å². The number of carbonyl (C=O) groups is 1. The van der Waals surface area contributed by atoms with Crippen LogP contribution >= 0.6 is 12.0 Å². The predicted octanol–water partition coefficient (Wildman–Crippen LogP) is 3.78. The van der Waals surface area contributed by atoms with Crippen molar-refractivity contribution in [1.29, 1.82) is 0 Å². The van der Waals surface area contributed by atoms with Crippen molar-refractivity contribution in [3.05, 3.63) is 54.3 Å². The first-order valence-corrected chi connectivity index (χ1v) is 7.60. The van der Waals surface area contributed by atoms with Gasteiger partial charge in [0, 0.05) is 30.7 Å². The zero-order valence-corrected chi connectivity index (χ0v) is 12.8. The maximum Gasteiger partial charge on any atom is 0.324 e. The average Bonchev–Trinajstić information content (AvgIpc) is 2.87. The lowest BCUT2D eigenvalue weighted by Crippen LogP contribution is -2.29. The molecule has 0 radical (unpaired) electrons. The number of hydrogen-bond acceptors (Lipinski definition) is 3. The Morgan fingerprint density at radius 1 is 1.05 bits per heavy atom. The fraction of sp³-hybridized carbons (Fsp3) is 0.188. The molecule has 2 aromatic carbocycles. The van der Waals surface area contributed by atoms with E-state index in [4.69, 9.17) is 4.18 Å². The summed E-state index contributed by atoms with van der Waals surface area (Å²) in [7, 11) is 1.79. The number of urea groups is 1. The Bertz CT molecular complexity index is 661. The van der Waals surface area contributed by atoms with E-state index in [1.807, 2.05) is 24.3 Å². The number of carbonyl (C=O) groups excluding carboxylic acids is 1. The average molecular weight is 318 g/mol. The third kappa shape index (κ3) is 3.17. The van der Waals surface area contributed by atoms with Gasteiger partial charge in [0.05, 0.1) is 12.0 Å². The summed E-state index contributed by atoms with van der Waals surface area (Å²) in [5, 5.41) is 0. The third-order valence-corrected chi connectivity index (χ3v) is 4.15. The van der Waals surface area contributed by atoms with E-state index >= 15 is 0 Å². The molecular formula is C16H15FN2O2S. The summed E-state index contributed by atoms with van der Waals surface area (Å²) in [5.74, 6) is 0.300. The molecule has 1 aliphatic rings. The highest BCUT2D eigenvalue weighted by atomic mass is 32.2. The van der Waals surface area contributed by atoms with Crippen LogP contribution in [0.2, 0.25) is 0 Å². The largest absolute Gasteiger partial charge is 0.421 e. The monoisotopic (exact) mass is 318 g/mol. The Morgan fingerprint density at radius 2 is 1.73 bits per heavy atom. The standard InChI is InChI=1S/C16H15FN2O2S/c1-18-10-11-19(16(18)20)13-4-8-15(9-5-13)22-21-14-6-2-12(17)3-7-14/h2-9H,10-11H2,1H3. The Kier molecular flexibility index (Phi) is 4.20. The van der Waals surface area contributed by atoms with Crippen LogP contribution in [0.3, 0.4) is 0 Å². The number of hydrogen-bond donors (Lipinski definition) is 0. The molecule has 0 aromatic heterocycles. The predicted molar refractivity (Wildman–Crippen MR) is 84.7 cm³/mol. The summed E-state index contributed by atoms with van der Waals surface area (Å²) in [6.45, 7) is 1.44. The van der Waals surface area contributed by atoms with Gasteiger partial charge in [-0.1, -0.05) is 0 Å². The van der Waals surface area contributed by atoms with Crippen LogP contribution in [0.1, 0.15) is 0 Å². The van der Waals surface area contributed by atoms with Crippen molar-refractivity contribution in [2.75, 3.05) is 25.0 Å². The molecule has 0 bridgehead atoms. The van der Waals surface area contributed by atoms with Crippen molar-refractivity contribution in [3.8, 4) is 5.75 Å². The van der Waals surface area contributed by atoms with Crippen LogP contribution in [0, 0.1) is 5.82 Å². The summed E-state index contributed by atoms with van der Waals surface area (Å²) in [4.78, 5) is 16.3. The van der Waals surface area contributed by atoms with Crippen molar-refractivity contribution in [3.63, 3.8) is 0 Å². The minimum absolute atomic E-state index is 0.0166. The van der Waals surface area contributed by atoms with Gasteiger partial charge in [0.15, 0.2) is 0 Å². The number of likely N-dealkylation sites (N-methyl/N-ethyl adjacent to an activating group) is 1. The number of rotatable bonds is 4. The summed E-state index contributed by atoms with van der Waals surface area (Å²) in [6.07, 6.45) is 0. The van der Waals surface area contributed by atoms with E-state index in [2.05, 4.69) is 0 Å². The molecule has 0 saturated carbocycles. The first-order chi connectivity index (χ1) is 10.6. The van der Waals surface area contributed by atoms with Crippen molar-refractivity contribution < 1.29 is 13.4 Å². The zero-order chi connectivity index (χ0) is 15.5. The molecule has 4 nitrogen and oxygen atoms in total.